The maximum Gasteiger partial charge on any atom is 0.254 e. The molecule has 2 heterocycles. The summed E-state index contributed by atoms with van der Waals surface area (Å²) in [5.41, 5.74) is 0.683. The van der Waals surface area contributed by atoms with Gasteiger partial charge in [0.1, 0.15) is 5.65 Å². The summed E-state index contributed by atoms with van der Waals surface area (Å²) in [7, 11) is -1.92. The van der Waals surface area contributed by atoms with E-state index in [0.29, 0.717) is 16.6 Å². The number of rotatable bonds is 1. The molecule has 0 saturated heterocycles. The summed E-state index contributed by atoms with van der Waals surface area (Å²) in [5, 5.41) is 0.362. The Balaban J connectivity index is 2.92. The second-order valence-electron chi connectivity index (χ2n) is 3.90. The highest BCUT2D eigenvalue weighted by atomic mass is 32.2. The summed E-state index contributed by atoms with van der Waals surface area (Å²) < 4.78 is 24.0. The van der Waals surface area contributed by atoms with Crippen molar-refractivity contribution in [3.8, 4) is 0 Å². The number of aromatic nitrogens is 3. The molecule has 0 N–H and O–H groups in total. The SMILES string of the molecule is Cc1cc2cnc(S(C)(=O)=O)nc2n(C)c1=O. The largest absolute Gasteiger partial charge is 0.295 e. The van der Waals surface area contributed by atoms with Gasteiger partial charge in [-0.15, -0.1) is 0 Å². The number of hydrogen-bond acceptors (Lipinski definition) is 5. The molecule has 2 rings (SSSR count). The van der Waals surface area contributed by atoms with E-state index in [-0.39, 0.29) is 10.7 Å². The van der Waals surface area contributed by atoms with Gasteiger partial charge in [-0.3, -0.25) is 9.36 Å². The summed E-state index contributed by atoms with van der Waals surface area (Å²) in [4.78, 5) is 19.4. The van der Waals surface area contributed by atoms with Crippen molar-refractivity contribution in [3.05, 3.63) is 28.2 Å². The molecule has 7 heteroatoms. The lowest BCUT2D eigenvalue weighted by molar-refractivity contribution is 0.593. The highest BCUT2D eigenvalue weighted by Crippen LogP contribution is 2.11. The Bertz CT molecular complexity index is 762. The van der Waals surface area contributed by atoms with Gasteiger partial charge in [0.25, 0.3) is 5.56 Å². The van der Waals surface area contributed by atoms with E-state index in [1.54, 1.807) is 20.0 Å². The molecule has 0 bridgehead atoms. The molecule has 2 aromatic rings. The van der Waals surface area contributed by atoms with Crippen molar-refractivity contribution >= 4 is 20.9 Å². The third-order valence-corrected chi connectivity index (χ3v) is 3.30. The lowest BCUT2D eigenvalue weighted by Gasteiger charge is -2.06. The third-order valence-electron chi connectivity index (χ3n) is 2.44. The Kier molecular flexibility index (Phi) is 2.50. The third kappa shape index (κ3) is 1.93. The quantitative estimate of drug-likeness (QED) is 0.670. The Morgan fingerprint density at radius 2 is 2.00 bits per heavy atom. The lowest BCUT2D eigenvalue weighted by Crippen LogP contribution is -2.20. The minimum Gasteiger partial charge on any atom is -0.295 e. The average molecular weight is 253 g/mol. The van der Waals surface area contributed by atoms with Gasteiger partial charge < -0.3 is 0 Å². The number of hydrogen-bond donors (Lipinski definition) is 0. The van der Waals surface area contributed by atoms with E-state index in [1.807, 2.05) is 0 Å². The summed E-state index contributed by atoms with van der Waals surface area (Å²) >= 11 is 0. The number of sulfone groups is 1. The first-order valence-electron chi connectivity index (χ1n) is 4.84. The monoisotopic (exact) mass is 253 g/mol. The van der Waals surface area contributed by atoms with Gasteiger partial charge in [0.2, 0.25) is 15.0 Å². The number of pyridine rings is 1. The molecule has 90 valence electrons. The average Bonchev–Trinajstić information content (AvgIpc) is 2.24. The van der Waals surface area contributed by atoms with E-state index in [2.05, 4.69) is 9.97 Å². The van der Waals surface area contributed by atoms with Gasteiger partial charge in [-0.25, -0.2) is 13.4 Å². The van der Waals surface area contributed by atoms with Crippen molar-refractivity contribution in [2.75, 3.05) is 6.26 Å². The Morgan fingerprint density at radius 1 is 1.35 bits per heavy atom. The van der Waals surface area contributed by atoms with E-state index < -0.39 is 9.84 Å². The Morgan fingerprint density at radius 3 is 2.59 bits per heavy atom. The van der Waals surface area contributed by atoms with E-state index in [9.17, 15) is 13.2 Å². The molecule has 2 aromatic heterocycles. The number of nitrogens with zero attached hydrogens (tertiary/aromatic N) is 3. The van der Waals surface area contributed by atoms with Crippen LogP contribution in [0.2, 0.25) is 0 Å². The van der Waals surface area contributed by atoms with Crippen LogP contribution in [0.15, 0.2) is 22.2 Å². The van der Waals surface area contributed by atoms with Gasteiger partial charge in [-0.05, 0) is 13.0 Å². The maximum absolute atomic E-state index is 11.7. The fourth-order valence-electron chi connectivity index (χ4n) is 1.57. The van der Waals surface area contributed by atoms with Gasteiger partial charge in [-0.2, -0.15) is 4.98 Å². The molecule has 0 aliphatic carbocycles. The zero-order valence-electron chi connectivity index (χ0n) is 9.63. The normalized spacial score (nSPS) is 11.9. The smallest absolute Gasteiger partial charge is 0.254 e. The molecule has 0 aliphatic rings. The first-order valence-corrected chi connectivity index (χ1v) is 6.73. The van der Waals surface area contributed by atoms with Crippen molar-refractivity contribution in [2.45, 2.75) is 12.1 Å². The number of fused-ring (bicyclic) bond motifs is 1. The summed E-state index contributed by atoms with van der Waals surface area (Å²) in [5.74, 6) is 0. The summed E-state index contributed by atoms with van der Waals surface area (Å²) in [6.45, 7) is 1.69. The minimum atomic E-state index is -3.47. The molecule has 6 nitrogen and oxygen atoms in total. The minimum absolute atomic E-state index is 0.198. The van der Waals surface area contributed by atoms with E-state index in [0.717, 1.165) is 6.26 Å². The van der Waals surface area contributed by atoms with Crippen LogP contribution in [-0.4, -0.2) is 29.2 Å². The molecule has 0 spiro atoms. The molecule has 0 amide bonds. The van der Waals surface area contributed by atoms with Gasteiger partial charge in [-0.1, -0.05) is 0 Å². The van der Waals surface area contributed by atoms with Crippen LogP contribution in [0.1, 0.15) is 5.56 Å². The van der Waals surface area contributed by atoms with Crippen LogP contribution in [0.4, 0.5) is 0 Å². The van der Waals surface area contributed by atoms with Crippen molar-refractivity contribution in [1.29, 1.82) is 0 Å². The van der Waals surface area contributed by atoms with Crippen LogP contribution >= 0.6 is 0 Å². The Labute approximate surface area is 97.9 Å². The Hall–Kier alpha value is -1.76. The van der Waals surface area contributed by atoms with Gasteiger partial charge in [0.05, 0.1) is 0 Å². The predicted octanol–water partition coefficient (Wildman–Crippen LogP) is 0.0404. The molecule has 0 aliphatic heterocycles. The lowest BCUT2D eigenvalue weighted by atomic mass is 10.2. The molecular formula is C10H11N3O3S. The molecule has 17 heavy (non-hydrogen) atoms. The van der Waals surface area contributed by atoms with Crippen molar-refractivity contribution in [1.82, 2.24) is 14.5 Å². The molecule has 0 fully saturated rings. The standard InChI is InChI=1S/C10H11N3O3S/c1-6-4-7-5-11-10(17(3,15)16)12-8(7)13(2)9(6)14/h4-5H,1-3H3. The highest BCUT2D eigenvalue weighted by Gasteiger charge is 2.13. The highest BCUT2D eigenvalue weighted by molar-refractivity contribution is 7.90. The van der Waals surface area contributed by atoms with Crippen molar-refractivity contribution in [3.63, 3.8) is 0 Å². The molecule has 0 unspecified atom stereocenters. The predicted molar refractivity (Wildman–Crippen MR) is 62.6 cm³/mol. The maximum atomic E-state index is 11.7. The fourth-order valence-corrected chi connectivity index (χ4v) is 2.07. The second-order valence-corrected chi connectivity index (χ2v) is 5.80. The zero-order chi connectivity index (χ0) is 12.8. The fraction of sp³-hybridized carbons (Fsp3) is 0.300. The molecule has 0 atom stereocenters. The molecule has 0 aromatic carbocycles. The number of aryl methyl sites for hydroxylation is 2. The van der Waals surface area contributed by atoms with Crippen LogP contribution < -0.4 is 5.56 Å². The molecule has 0 saturated carbocycles. The van der Waals surface area contributed by atoms with Gasteiger partial charge in [0.15, 0.2) is 0 Å². The van der Waals surface area contributed by atoms with Crippen LogP contribution in [0, 0.1) is 6.92 Å². The van der Waals surface area contributed by atoms with Gasteiger partial charge >= 0.3 is 0 Å². The first kappa shape index (κ1) is 11.7. The van der Waals surface area contributed by atoms with E-state index >= 15 is 0 Å². The van der Waals surface area contributed by atoms with Crippen LogP contribution in [0.5, 0.6) is 0 Å². The topological polar surface area (TPSA) is 81.9 Å². The van der Waals surface area contributed by atoms with Crippen molar-refractivity contribution in [2.24, 2.45) is 7.05 Å². The molecular weight excluding hydrogens is 242 g/mol. The zero-order valence-corrected chi connectivity index (χ0v) is 10.4. The second kappa shape index (κ2) is 3.63. The van der Waals surface area contributed by atoms with Crippen LogP contribution in [-0.2, 0) is 16.9 Å². The van der Waals surface area contributed by atoms with Crippen molar-refractivity contribution < 1.29 is 8.42 Å². The van der Waals surface area contributed by atoms with E-state index in [4.69, 9.17) is 0 Å². The van der Waals surface area contributed by atoms with Gasteiger partial charge in [0, 0.05) is 30.4 Å². The van der Waals surface area contributed by atoms with Crippen LogP contribution in [0.25, 0.3) is 11.0 Å². The first-order chi connectivity index (χ1) is 7.80. The summed E-state index contributed by atoms with van der Waals surface area (Å²) in [6, 6.07) is 1.64. The van der Waals surface area contributed by atoms with Crippen LogP contribution in [0.3, 0.4) is 0 Å². The van der Waals surface area contributed by atoms with E-state index in [1.165, 1.54) is 10.8 Å². The molecule has 0 radical (unpaired) electrons. The summed E-state index contributed by atoms with van der Waals surface area (Å²) in [6.07, 6.45) is 2.44.